The number of anilines is 1. The Labute approximate surface area is 140 Å². The molecular formula is C18H21N3O3. The summed E-state index contributed by atoms with van der Waals surface area (Å²) in [6.45, 7) is 2.05. The number of phenolic OH excluding ortho intramolecular Hbond substituents is 1. The van der Waals surface area contributed by atoms with Gasteiger partial charge in [0, 0.05) is 12.1 Å². The number of rotatable bonds is 6. The van der Waals surface area contributed by atoms with Gasteiger partial charge in [0.2, 0.25) is 5.91 Å². The van der Waals surface area contributed by atoms with Gasteiger partial charge in [0.25, 0.3) is 5.91 Å². The minimum Gasteiger partial charge on any atom is -0.508 e. The quantitative estimate of drug-likeness (QED) is 0.610. The molecule has 0 saturated heterocycles. The van der Waals surface area contributed by atoms with Gasteiger partial charge in [-0.05, 0) is 37.1 Å². The second kappa shape index (κ2) is 8.57. The maximum absolute atomic E-state index is 11.7. The van der Waals surface area contributed by atoms with E-state index in [1.54, 1.807) is 24.3 Å². The van der Waals surface area contributed by atoms with Crippen LogP contribution in [0, 0.1) is 6.92 Å². The number of aryl methyl sites for hydroxylation is 2. The molecular weight excluding hydrogens is 306 g/mol. The fourth-order valence-corrected chi connectivity index (χ4v) is 2.07. The van der Waals surface area contributed by atoms with E-state index in [1.807, 2.05) is 31.2 Å². The number of phenols is 1. The number of hydrazine groups is 1. The molecule has 24 heavy (non-hydrogen) atoms. The van der Waals surface area contributed by atoms with Crippen LogP contribution in [0.5, 0.6) is 5.75 Å². The van der Waals surface area contributed by atoms with Crippen LogP contribution in [-0.2, 0) is 16.0 Å². The number of carbonyl (C=O) groups is 2. The van der Waals surface area contributed by atoms with E-state index in [0.29, 0.717) is 12.0 Å². The van der Waals surface area contributed by atoms with Gasteiger partial charge in [0.15, 0.2) is 0 Å². The molecule has 2 aromatic rings. The summed E-state index contributed by atoms with van der Waals surface area (Å²) >= 11 is 0. The third-order valence-electron chi connectivity index (χ3n) is 3.46. The summed E-state index contributed by atoms with van der Waals surface area (Å²) in [5.41, 5.74) is 7.38. The maximum Gasteiger partial charge on any atom is 0.257 e. The number of para-hydroxylation sites is 1. The highest BCUT2D eigenvalue weighted by Gasteiger charge is 2.07. The van der Waals surface area contributed by atoms with Crippen molar-refractivity contribution in [2.75, 3.05) is 11.9 Å². The molecule has 0 aliphatic heterocycles. The minimum absolute atomic E-state index is 0.0583. The van der Waals surface area contributed by atoms with Crippen LogP contribution in [0.15, 0.2) is 48.5 Å². The van der Waals surface area contributed by atoms with Gasteiger partial charge in [-0.1, -0.05) is 35.9 Å². The topological polar surface area (TPSA) is 90.5 Å². The second-order valence-electron chi connectivity index (χ2n) is 5.44. The molecule has 2 rings (SSSR count). The Morgan fingerprint density at radius 1 is 0.958 bits per heavy atom. The number of benzene rings is 2. The average Bonchev–Trinajstić information content (AvgIpc) is 2.58. The van der Waals surface area contributed by atoms with E-state index in [-0.39, 0.29) is 30.5 Å². The third-order valence-corrected chi connectivity index (χ3v) is 3.46. The first kappa shape index (κ1) is 17.3. The van der Waals surface area contributed by atoms with Crippen LogP contribution in [0.1, 0.15) is 17.5 Å². The lowest BCUT2D eigenvalue weighted by molar-refractivity contribution is -0.128. The average molecular weight is 327 g/mol. The highest BCUT2D eigenvalue weighted by molar-refractivity contribution is 5.84. The predicted octanol–water partition coefficient (Wildman–Crippen LogP) is 1.89. The van der Waals surface area contributed by atoms with Crippen LogP contribution in [0.4, 0.5) is 5.69 Å². The number of hydrogen-bond acceptors (Lipinski definition) is 4. The smallest absolute Gasteiger partial charge is 0.257 e. The zero-order valence-electron chi connectivity index (χ0n) is 13.5. The summed E-state index contributed by atoms with van der Waals surface area (Å²) in [7, 11) is 0. The Bertz CT molecular complexity index is 699. The minimum atomic E-state index is -0.341. The normalized spacial score (nSPS) is 10.0. The Balaban J connectivity index is 1.66. The highest BCUT2D eigenvalue weighted by Crippen LogP contribution is 2.16. The highest BCUT2D eigenvalue weighted by atomic mass is 16.3. The Kier molecular flexibility index (Phi) is 6.19. The van der Waals surface area contributed by atoms with Crippen molar-refractivity contribution in [3.05, 3.63) is 59.7 Å². The van der Waals surface area contributed by atoms with E-state index in [2.05, 4.69) is 16.2 Å². The molecule has 0 aliphatic carbocycles. The number of nitrogens with one attached hydrogen (secondary N) is 3. The van der Waals surface area contributed by atoms with E-state index >= 15 is 0 Å². The van der Waals surface area contributed by atoms with Gasteiger partial charge >= 0.3 is 0 Å². The largest absolute Gasteiger partial charge is 0.508 e. The van der Waals surface area contributed by atoms with Gasteiger partial charge in [-0.3, -0.25) is 20.4 Å². The zero-order chi connectivity index (χ0) is 17.4. The molecule has 0 unspecified atom stereocenters. The summed E-state index contributed by atoms with van der Waals surface area (Å²) in [5, 5.41) is 12.6. The van der Waals surface area contributed by atoms with Crippen LogP contribution in [0.25, 0.3) is 0 Å². The molecule has 6 nitrogen and oxygen atoms in total. The first-order valence-corrected chi connectivity index (χ1v) is 7.69. The summed E-state index contributed by atoms with van der Waals surface area (Å²) in [6, 6.07) is 14.5. The lowest BCUT2D eigenvalue weighted by atomic mass is 10.1. The van der Waals surface area contributed by atoms with Gasteiger partial charge in [-0.2, -0.15) is 0 Å². The van der Waals surface area contributed by atoms with Gasteiger partial charge < -0.3 is 10.4 Å². The van der Waals surface area contributed by atoms with Crippen molar-refractivity contribution in [3.8, 4) is 5.75 Å². The summed E-state index contributed by atoms with van der Waals surface area (Å²) in [5.74, 6) is -0.495. The molecule has 0 fully saturated rings. The van der Waals surface area contributed by atoms with Crippen molar-refractivity contribution < 1.29 is 14.7 Å². The number of amides is 2. The summed E-state index contributed by atoms with van der Waals surface area (Å²) < 4.78 is 0. The van der Waals surface area contributed by atoms with E-state index in [4.69, 9.17) is 0 Å². The first-order chi connectivity index (χ1) is 11.5. The van der Waals surface area contributed by atoms with Crippen molar-refractivity contribution >= 4 is 17.5 Å². The Morgan fingerprint density at radius 2 is 1.62 bits per heavy atom. The van der Waals surface area contributed by atoms with E-state index in [1.165, 1.54) is 0 Å². The molecule has 126 valence electrons. The van der Waals surface area contributed by atoms with Crippen LogP contribution < -0.4 is 16.2 Å². The molecule has 0 spiro atoms. The number of aromatic hydroxyl groups is 1. The standard InChI is InChI=1S/C18H21N3O3/c1-13-6-9-15(10-7-13)19-12-18(24)21-20-17(23)11-8-14-4-2-3-5-16(14)22/h2-7,9-10,19,22H,8,11-12H2,1H3,(H,20,23)(H,21,24). The van der Waals surface area contributed by atoms with Crippen molar-refractivity contribution in [2.45, 2.75) is 19.8 Å². The lowest BCUT2D eigenvalue weighted by Crippen LogP contribution is -2.44. The van der Waals surface area contributed by atoms with Crippen molar-refractivity contribution in [1.29, 1.82) is 0 Å². The number of hydrogen-bond donors (Lipinski definition) is 4. The van der Waals surface area contributed by atoms with Gasteiger partial charge in [0.05, 0.1) is 6.54 Å². The molecule has 0 aliphatic rings. The fourth-order valence-electron chi connectivity index (χ4n) is 2.07. The van der Waals surface area contributed by atoms with Crippen LogP contribution >= 0.6 is 0 Å². The summed E-state index contributed by atoms with van der Waals surface area (Å²) in [6.07, 6.45) is 0.569. The Morgan fingerprint density at radius 3 is 2.33 bits per heavy atom. The molecule has 0 heterocycles. The van der Waals surface area contributed by atoms with E-state index in [0.717, 1.165) is 11.3 Å². The van der Waals surface area contributed by atoms with Crippen molar-refractivity contribution in [3.63, 3.8) is 0 Å². The van der Waals surface area contributed by atoms with Crippen molar-refractivity contribution in [1.82, 2.24) is 10.9 Å². The SMILES string of the molecule is Cc1ccc(NCC(=O)NNC(=O)CCc2ccccc2O)cc1. The molecule has 0 bridgehead atoms. The molecule has 2 aromatic carbocycles. The van der Waals surface area contributed by atoms with Gasteiger partial charge in [0.1, 0.15) is 5.75 Å². The van der Waals surface area contributed by atoms with Crippen molar-refractivity contribution in [2.24, 2.45) is 0 Å². The lowest BCUT2D eigenvalue weighted by Gasteiger charge is -2.09. The molecule has 0 radical (unpaired) electrons. The zero-order valence-corrected chi connectivity index (χ0v) is 13.5. The number of carbonyl (C=O) groups excluding carboxylic acids is 2. The molecule has 6 heteroatoms. The monoisotopic (exact) mass is 327 g/mol. The third kappa shape index (κ3) is 5.64. The maximum atomic E-state index is 11.7. The van der Waals surface area contributed by atoms with Crippen LogP contribution in [-0.4, -0.2) is 23.5 Å². The van der Waals surface area contributed by atoms with E-state index in [9.17, 15) is 14.7 Å². The molecule has 2 amide bonds. The Hall–Kier alpha value is -3.02. The van der Waals surface area contributed by atoms with Crippen LogP contribution in [0.3, 0.4) is 0 Å². The summed E-state index contributed by atoms with van der Waals surface area (Å²) in [4.78, 5) is 23.4. The van der Waals surface area contributed by atoms with Crippen LogP contribution in [0.2, 0.25) is 0 Å². The molecule has 0 saturated carbocycles. The van der Waals surface area contributed by atoms with E-state index < -0.39 is 0 Å². The predicted molar refractivity (Wildman–Crippen MR) is 92.4 cm³/mol. The van der Waals surface area contributed by atoms with Gasteiger partial charge in [-0.15, -0.1) is 0 Å². The molecule has 4 N–H and O–H groups in total. The first-order valence-electron chi connectivity index (χ1n) is 7.69. The van der Waals surface area contributed by atoms with Gasteiger partial charge in [-0.25, -0.2) is 0 Å². The molecule has 0 aromatic heterocycles. The second-order valence-corrected chi connectivity index (χ2v) is 5.44. The fraction of sp³-hybridized carbons (Fsp3) is 0.222. The molecule has 0 atom stereocenters.